The van der Waals surface area contributed by atoms with Crippen molar-refractivity contribution in [1.29, 1.82) is 0 Å². The SMILES string of the molecule is CC(C)c1nc(N)cc(NC2CC(=O)N(C)C2=O)n1. The Hall–Kier alpha value is -2.18. The number of imide groups is 1. The maximum atomic E-state index is 11.8. The summed E-state index contributed by atoms with van der Waals surface area (Å²) in [4.78, 5) is 32.8. The summed E-state index contributed by atoms with van der Waals surface area (Å²) < 4.78 is 0. The van der Waals surface area contributed by atoms with Crippen molar-refractivity contribution >= 4 is 23.5 Å². The molecule has 3 N–H and O–H groups in total. The lowest BCUT2D eigenvalue weighted by Crippen LogP contribution is -2.32. The highest BCUT2D eigenvalue weighted by Gasteiger charge is 2.36. The third-order valence-electron chi connectivity index (χ3n) is 2.98. The van der Waals surface area contributed by atoms with Gasteiger partial charge in [-0.3, -0.25) is 14.5 Å². The Balaban J connectivity index is 2.20. The molecule has 102 valence electrons. The Labute approximate surface area is 111 Å². The van der Waals surface area contributed by atoms with E-state index in [0.717, 1.165) is 4.90 Å². The van der Waals surface area contributed by atoms with Gasteiger partial charge in [-0.1, -0.05) is 13.8 Å². The summed E-state index contributed by atoms with van der Waals surface area (Å²) >= 11 is 0. The van der Waals surface area contributed by atoms with Gasteiger partial charge in [0.05, 0.1) is 6.42 Å². The molecule has 2 heterocycles. The number of aromatic nitrogens is 2. The molecule has 1 unspecified atom stereocenters. The molecule has 1 aliphatic rings. The van der Waals surface area contributed by atoms with Crippen LogP contribution >= 0.6 is 0 Å². The monoisotopic (exact) mass is 263 g/mol. The fourth-order valence-corrected chi connectivity index (χ4v) is 1.86. The van der Waals surface area contributed by atoms with Crippen LogP contribution in [0.3, 0.4) is 0 Å². The first-order valence-electron chi connectivity index (χ1n) is 6.10. The molecular formula is C12H17N5O2. The van der Waals surface area contributed by atoms with E-state index in [2.05, 4.69) is 15.3 Å². The molecule has 1 aromatic rings. The molecule has 1 aromatic heterocycles. The van der Waals surface area contributed by atoms with Gasteiger partial charge in [-0.15, -0.1) is 0 Å². The summed E-state index contributed by atoms with van der Waals surface area (Å²) in [5.74, 6) is 1.09. The van der Waals surface area contributed by atoms with Crippen LogP contribution in [0.5, 0.6) is 0 Å². The maximum Gasteiger partial charge on any atom is 0.251 e. The fraction of sp³-hybridized carbons (Fsp3) is 0.500. The molecule has 0 aliphatic carbocycles. The zero-order valence-corrected chi connectivity index (χ0v) is 11.2. The van der Waals surface area contributed by atoms with Gasteiger partial charge in [0.15, 0.2) is 0 Å². The van der Waals surface area contributed by atoms with Crippen molar-refractivity contribution in [1.82, 2.24) is 14.9 Å². The number of hydrogen-bond donors (Lipinski definition) is 2. The normalized spacial score (nSPS) is 19.4. The van der Waals surface area contributed by atoms with Gasteiger partial charge in [-0.2, -0.15) is 0 Å². The van der Waals surface area contributed by atoms with E-state index in [9.17, 15) is 9.59 Å². The van der Waals surface area contributed by atoms with Crippen molar-refractivity contribution in [2.75, 3.05) is 18.1 Å². The van der Waals surface area contributed by atoms with E-state index in [1.807, 2.05) is 13.8 Å². The molecule has 1 aliphatic heterocycles. The van der Waals surface area contributed by atoms with Crippen LogP contribution in [0.4, 0.5) is 11.6 Å². The summed E-state index contributed by atoms with van der Waals surface area (Å²) in [6, 6.07) is 0.980. The van der Waals surface area contributed by atoms with Crippen LogP contribution in [0.1, 0.15) is 32.0 Å². The van der Waals surface area contributed by atoms with Crippen LogP contribution < -0.4 is 11.1 Å². The number of hydrogen-bond acceptors (Lipinski definition) is 6. The molecule has 1 saturated heterocycles. The van der Waals surface area contributed by atoms with Crippen molar-refractivity contribution in [2.45, 2.75) is 32.2 Å². The molecule has 0 radical (unpaired) electrons. The van der Waals surface area contributed by atoms with E-state index >= 15 is 0 Å². The van der Waals surface area contributed by atoms with Crippen molar-refractivity contribution in [3.8, 4) is 0 Å². The molecule has 1 fully saturated rings. The second-order valence-electron chi connectivity index (χ2n) is 4.88. The zero-order valence-electron chi connectivity index (χ0n) is 11.2. The number of anilines is 2. The molecule has 2 amide bonds. The number of nitrogens with one attached hydrogen (secondary N) is 1. The first kappa shape index (κ1) is 13.3. The van der Waals surface area contributed by atoms with Gasteiger partial charge in [0, 0.05) is 19.0 Å². The van der Waals surface area contributed by atoms with E-state index in [0.29, 0.717) is 17.5 Å². The highest BCUT2D eigenvalue weighted by Crippen LogP contribution is 2.19. The second kappa shape index (κ2) is 4.83. The predicted octanol–water partition coefficient (Wildman–Crippen LogP) is 0.351. The Kier molecular flexibility index (Phi) is 3.37. The molecule has 19 heavy (non-hydrogen) atoms. The Morgan fingerprint density at radius 2 is 2.11 bits per heavy atom. The molecule has 1 atom stereocenters. The second-order valence-corrected chi connectivity index (χ2v) is 4.88. The predicted molar refractivity (Wildman–Crippen MR) is 70.3 cm³/mol. The minimum atomic E-state index is -0.577. The fourth-order valence-electron chi connectivity index (χ4n) is 1.86. The molecule has 0 spiro atoms. The molecular weight excluding hydrogens is 246 g/mol. The van der Waals surface area contributed by atoms with Crippen molar-refractivity contribution in [3.63, 3.8) is 0 Å². The lowest BCUT2D eigenvalue weighted by atomic mass is 10.2. The van der Waals surface area contributed by atoms with E-state index in [1.165, 1.54) is 7.05 Å². The summed E-state index contributed by atoms with van der Waals surface area (Å²) in [6.45, 7) is 3.91. The summed E-state index contributed by atoms with van der Waals surface area (Å²) in [5.41, 5.74) is 5.71. The van der Waals surface area contributed by atoms with Gasteiger partial charge in [-0.25, -0.2) is 9.97 Å². The number of nitrogens with two attached hydrogens (primary N) is 1. The Bertz CT molecular complexity index is 529. The van der Waals surface area contributed by atoms with Gasteiger partial charge < -0.3 is 11.1 Å². The van der Waals surface area contributed by atoms with Crippen LogP contribution in [0.2, 0.25) is 0 Å². The molecule has 2 rings (SSSR count). The number of nitrogens with zero attached hydrogens (tertiary/aromatic N) is 3. The standard InChI is InChI=1S/C12H17N5O2/c1-6(2)11-15-8(13)5-9(16-11)14-7-4-10(18)17(3)12(7)19/h5-7H,4H2,1-3H3,(H3,13,14,15,16). The number of amides is 2. The average Bonchev–Trinajstić information content (AvgIpc) is 2.56. The summed E-state index contributed by atoms with van der Waals surface area (Å²) in [6.07, 6.45) is 0.135. The van der Waals surface area contributed by atoms with Crippen LogP contribution in [0.25, 0.3) is 0 Å². The average molecular weight is 263 g/mol. The third-order valence-corrected chi connectivity index (χ3v) is 2.98. The highest BCUT2D eigenvalue weighted by atomic mass is 16.2. The van der Waals surface area contributed by atoms with Crippen LogP contribution in [-0.2, 0) is 9.59 Å². The van der Waals surface area contributed by atoms with Gasteiger partial charge >= 0.3 is 0 Å². The topological polar surface area (TPSA) is 101 Å². The van der Waals surface area contributed by atoms with Crippen LogP contribution in [0, 0.1) is 0 Å². The van der Waals surface area contributed by atoms with E-state index in [4.69, 9.17) is 5.73 Å². The van der Waals surface area contributed by atoms with Crippen molar-refractivity contribution in [3.05, 3.63) is 11.9 Å². The van der Waals surface area contributed by atoms with E-state index < -0.39 is 6.04 Å². The maximum absolute atomic E-state index is 11.8. The Morgan fingerprint density at radius 3 is 2.63 bits per heavy atom. The number of likely N-dealkylation sites (tertiary alicyclic amines) is 1. The largest absolute Gasteiger partial charge is 0.384 e. The molecule has 0 bridgehead atoms. The highest BCUT2D eigenvalue weighted by molar-refractivity contribution is 6.06. The lowest BCUT2D eigenvalue weighted by molar-refractivity contribution is -0.136. The number of carbonyl (C=O) groups excluding carboxylic acids is 2. The van der Waals surface area contributed by atoms with Gasteiger partial charge in [0.1, 0.15) is 23.5 Å². The van der Waals surface area contributed by atoms with Crippen LogP contribution in [-0.4, -0.2) is 39.8 Å². The van der Waals surface area contributed by atoms with Crippen LogP contribution in [0.15, 0.2) is 6.07 Å². The first-order valence-corrected chi connectivity index (χ1v) is 6.10. The number of carbonyl (C=O) groups is 2. The number of rotatable bonds is 3. The Morgan fingerprint density at radius 1 is 1.42 bits per heavy atom. The van der Waals surface area contributed by atoms with Gasteiger partial charge in [0.25, 0.3) is 5.91 Å². The quantitative estimate of drug-likeness (QED) is 0.763. The molecule has 7 nitrogen and oxygen atoms in total. The first-order chi connectivity index (χ1) is 8.88. The zero-order chi connectivity index (χ0) is 14.2. The van der Waals surface area contributed by atoms with Crippen molar-refractivity contribution in [2.24, 2.45) is 0 Å². The van der Waals surface area contributed by atoms with Gasteiger partial charge in [-0.05, 0) is 0 Å². The molecule has 0 aromatic carbocycles. The molecule has 0 saturated carbocycles. The third kappa shape index (κ3) is 2.64. The minimum Gasteiger partial charge on any atom is -0.384 e. The number of nitrogen functional groups attached to an aromatic ring is 1. The van der Waals surface area contributed by atoms with E-state index in [-0.39, 0.29) is 24.2 Å². The number of likely N-dealkylation sites (N-methyl/N-ethyl adjacent to an activating group) is 1. The minimum absolute atomic E-state index is 0.132. The van der Waals surface area contributed by atoms with Crippen molar-refractivity contribution < 1.29 is 9.59 Å². The van der Waals surface area contributed by atoms with E-state index in [1.54, 1.807) is 6.07 Å². The molecule has 7 heteroatoms. The smallest absolute Gasteiger partial charge is 0.251 e. The lowest BCUT2D eigenvalue weighted by Gasteiger charge is -2.13. The van der Waals surface area contributed by atoms with Gasteiger partial charge in [0.2, 0.25) is 5.91 Å². The summed E-state index contributed by atoms with van der Waals surface area (Å²) in [7, 11) is 1.47. The summed E-state index contributed by atoms with van der Waals surface area (Å²) in [5, 5.41) is 2.94.